The second kappa shape index (κ2) is 23.2. The van der Waals surface area contributed by atoms with Crippen molar-refractivity contribution in [3.8, 4) is 0 Å². The summed E-state index contributed by atoms with van der Waals surface area (Å²) in [7, 11) is 0. The Labute approximate surface area is 352 Å². The minimum absolute atomic E-state index is 0.0842. The fraction of sp³-hybridized carbons (Fsp3) is 0.778. The van der Waals surface area contributed by atoms with Gasteiger partial charge in [-0.1, -0.05) is 65.4 Å². The van der Waals surface area contributed by atoms with Crippen LogP contribution in [0.3, 0.4) is 0 Å². The zero-order valence-corrected chi connectivity index (χ0v) is 37.3. The number of carbonyl (C=O) groups excluding carboxylic acids is 3. The van der Waals surface area contributed by atoms with Crippen molar-refractivity contribution >= 4 is 39.5 Å². The third-order valence-corrected chi connectivity index (χ3v) is 13.1. The molecule has 1 aromatic carbocycles. The molecule has 12 nitrogen and oxygen atoms in total. The number of benzene rings is 1. The van der Waals surface area contributed by atoms with Gasteiger partial charge in [0.15, 0.2) is 0 Å². The quantitative estimate of drug-likeness (QED) is 0.183. The van der Waals surface area contributed by atoms with Crippen molar-refractivity contribution in [3.63, 3.8) is 0 Å². The fourth-order valence-corrected chi connectivity index (χ4v) is 9.74. The maximum absolute atomic E-state index is 13.7. The van der Waals surface area contributed by atoms with E-state index in [9.17, 15) is 14.4 Å². The monoisotopic (exact) mass is 827 g/mol. The Kier molecular flexibility index (Phi) is 18.5. The van der Waals surface area contributed by atoms with Crippen molar-refractivity contribution in [2.75, 3.05) is 65.7 Å². The Balaban J connectivity index is 0.000000249. The molecule has 0 unspecified atom stereocenters. The van der Waals surface area contributed by atoms with Crippen molar-refractivity contribution in [1.29, 1.82) is 0 Å². The van der Waals surface area contributed by atoms with Gasteiger partial charge >= 0.3 is 6.09 Å². The number of morpholine rings is 2. The van der Waals surface area contributed by atoms with Crippen molar-refractivity contribution < 1.29 is 28.6 Å². The van der Waals surface area contributed by atoms with Gasteiger partial charge in [-0.05, 0) is 81.9 Å². The number of alkyl carbamates (subject to hydrolysis) is 1. The van der Waals surface area contributed by atoms with Gasteiger partial charge in [0.2, 0.25) is 11.8 Å². The van der Waals surface area contributed by atoms with Crippen LogP contribution in [-0.4, -0.2) is 122 Å². The van der Waals surface area contributed by atoms with E-state index in [0.717, 1.165) is 93.8 Å². The molecule has 3 atom stereocenters. The van der Waals surface area contributed by atoms with Gasteiger partial charge in [0.05, 0.1) is 41.7 Å². The van der Waals surface area contributed by atoms with Gasteiger partial charge in [0, 0.05) is 64.2 Å². The number of thiazole rings is 1. The molecule has 4 aliphatic rings. The van der Waals surface area contributed by atoms with Crippen LogP contribution in [0, 0.1) is 11.8 Å². The van der Waals surface area contributed by atoms with Crippen LogP contribution in [0.25, 0.3) is 10.2 Å². The van der Waals surface area contributed by atoms with Gasteiger partial charge in [0.25, 0.3) is 0 Å². The van der Waals surface area contributed by atoms with Gasteiger partial charge < -0.3 is 30.2 Å². The molecular formula is C45H74N6O6S. The second-order valence-electron chi connectivity index (χ2n) is 18.2. The molecule has 326 valence electrons. The van der Waals surface area contributed by atoms with E-state index in [1.807, 2.05) is 27.7 Å². The van der Waals surface area contributed by atoms with Crippen molar-refractivity contribution in [1.82, 2.24) is 30.7 Å². The van der Waals surface area contributed by atoms with Crippen LogP contribution in [0.1, 0.15) is 129 Å². The average molecular weight is 827 g/mol. The summed E-state index contributed by atoms with van der Waals surface area (Å²) >= 11 is 1.62. The molecule has 6 rings (SSSR count). The summed E-state index contributed by atoms with van der Waals surface area (Å²) in [4.78, 5) is 47.8. The molecule has 13 heteroatoms. The summed E-state index contributed by atoms with van der Waals surface area (Å²) in [6.07, 6.45) is 12.8. The molecule has 1 aromatic heterocycles. The third-order valence-electron chi connectivity index (χ3n) is 12.1. The first-order chi connectivity index (χ1) is 27.9. The summed E-state index contributed by atoms with van der Waals surface area (Å²) in [5.41, 5.74) is 1.79. The molecule has 0 radical (unpaired) electrons. The lowest BCUT2D eigenvalue weighted by molar-refractivity contribution is -0.129. The Morgan fingerprint density at radius 2 is 1.34 bits per heavy atom. The van der Waals surface area contributed by atoms with Crippen LogP contribution in [-0.2, 0) is 30.2 Å². The zero-order valence-electron chi connectivity index (χ0n) is 36.5. The molecule has 2 saturated heterocycles. The number of hydrogen-bond donors (Lipinski definition) is 3. The molecule has 2 aliphatic carbocycles. The summed E-state index contributed by atoms with van der Waals surface area (Å²) in [6.45, 7) is 20.5. The van der Waals surface area contributed by atoms with E-state index in [0.29, 0.717) is 30.6 Å². The number of amides is 3. The largest absolute Gasteiger partial charge is 0.444 e. The van der Waals surface area contributed by atoms with Crippen LogP contribution >= 0.6 is 11.3 Å². The van der Waals surface area contributed by atoms with Crippen LogP contribution in [0.5, 0.6) is 0 Å². The van der Waals surface area contributed by atoms with Crippen LogP contribution < -0.4 is 16.0 Å². The molecule has 58 heavy (non-hydrogen) atoms. The van der Waals surface area contributed by atoms with Crippen LogP contribution in [0.4, 0.5) is 4.79 Å². The number of ether oxygens (including phenoxy) is 3. The molecule has 4 fully saturated rings. The molecule has 0 spiro atoms. The standard InChI is InChI=1S/C28H42N4O3S.C17H32N2O3/c1-4-26(33)29-23(17-27-30-22-11-10-21(19(2)3)16-25(22)36-27)28(34)31-24(20-8-6-5-7-9-20)18-32-12-14-35-15-13-32;1-17(2,3)22-16(20)18-15(14-7-5-4-6-8-14)13-19-9-11-21-12-10-19/h10-11,16,19-20,23-24H,4-9,12-15,17-18H2,1-3H3,(H,29,33)(H,31,34);14-15H,4-13H2,1-3H3,(H,18,20)/t23-,24+;15-/m01/s1. The van der Waals surface area contributed by atoms with Gasteiger partial charge in [-0.25, -0.2) is 9.78 Å². The van der Waals surface area contributed by atoms with E-state index >= 15 is 0 Å². The highest BCUT2D eigenvalue weighted by molar-refractivity contribution is 7.18. The van der Waals surface area contributed by atoms with Gasteiger partial charge in [-0.2, -0.15) is 0 Å². The van der Waals surface area contributed by atoms with E-state index in [1.54, 1.807) is 11.3 Å². The Bertz CT molecular complexity index is 1560. The number of aromatic nitrogens is 1. The lowest BCUT2D eigenvalue weighted by Crippen LogP contribution is -2.56. The maximum Gasteiger partial charge on any atom is 0.407 e. The van der Waals surface area contributed by atoms with E-state index < -0.39 is 11.6 Å². The van der Waals surface area contributed by atoms with Crippen molar-refractivity contribution in [2.24, 2.45) is 11.8 Å². The minimum Gasteiger partial charge on any atom is -0.444 e. The summed E-state index contributed by atoms with van der Waals surface area (Å²) < 4.78 is 17.5. The van der Waals surface area contributed by atoms with Crippen molar-refractivity contribution in [2.45, 2.75) is 148 Å². The summed E-state index contributed by atoms with van der Waals surface area (Å²) in [5, 5.41) is 10.4. The number of rotatable bonds is 14. The van der Waals surface area contributed by atoms with Gasteiger partial charge in [0.1, 0.15) is 11.6 Å². The van der Waals surface area contributed by atoms with Crippen LogP contribution in [0.15, 0.2) is 18.2 Å². The predicted octanol–water partition coefficient (Wildman–Crippen LogP) is 7.05. The molecule has 2 aromatic rings. The molecule has 3 amide bonds. The Morgan fingerprint density at radius 1 is 0.810 bits per heavy atom. The first-order valence-electron chi connectivity index (χ1n) is 22.5. The third kappa shape index (κ3) is 15.3. The highest BCUT2D eigenvalue weighted by Crippen LogP contribution is 2.30. The second-order valence-corrected chi connectivity index (χ2v) is 19.3. The predicted molar refractivity (Wildman–Crippen MR) is 232 cm³/mol. The van der Waals surface area contributed by atoms with Crippen LogP contribution in [0.2, 0.25) is 0 Å². The van der Waals surface area contributed by atoms with E-state index in [2.05, 4.69) is 57.8 Å². The normalized spacial score (nSPS) is 20.7. The molecule has 2 aliphatic heterocycles. The van der Waals surface area contributed by atoms with Crippen molar-refractivity contribution in [3.05, 3.63) is 28.8 Å². The number of fused-ring (bicyclic) bond motifs is 1. The smallest absolute Gasteiger partial charge is 0.407 e. The average Bonchev–Trinajstić information content (AvgIpc) is 3.63. The molecule has 2 saturated carbocycles. The highest BCUT2D eigenvalue weighted by atomic mass is 32.1. The van der Waals surface area contributed by atoms with Gasteiger partial charge in [-0.3, -0.25) is 19.4 Å². The van der Waals surface area contributed by atoms with E-state index in [1.165, 1.54) is 56.9 Å². The lowest BCUT2D eigenvalue weighted by atomic mass is 9.83. The fourth-order valence-electron chi connectivity index (χ4n) is 8.68. The number of nitrogens with zero attached hydrogens (tertiary/aromatic N) is 3. The maximum atomic E-state index is 13.7. The highest BCUT2D eigenvalue weighted by Gasteiger charge is 2.32. The number of carbonyl (C=O) groups is 3. The van der Waals surface area contributed by atoms with E-state index in [4.69, 9.17) is 19.2 Å². The lowest BCUT2D eigenvalue weighted by Gasteiger charge is -2.37. The number of hydrogen-bond acceptors (Lipinski definition) is 10. The molecule has 3 N–H and O–H groups in total. The van der Waals surface area contributed by atoms with Gasteiger partial charge in [-0.15, -0.1) is 11.3 Å². The summed E-state index contributed by atoms with van der Waals surface area (Å²) in [6, 6.07) is 6.03. The molecular weight excluding hydrogens is 753 g/mol. The zero-order chi connectivity index (χ0) is 41.5. The Hall–Kier alpha value is -2.84. The first-order valence-corrected chi connectivity index (χ1v) is 23.3. The first kappa shape index (κ1) is 46.2. The van der Waals surface area contributed by atoms with E-state index in [-0.39, 0.29) is 30.0 Å². The minimum atomic E-state index is -0.627. The molecule has 3 heterocycles. The topological polar surface area (TPSA) is 134 Å². The SMILES string of the molecule is CC(C)(C)OC(=O)N[C@H](CN1CCOCC1)C1CCCCC1.CCC(=O)N[C@@H](Cc1nc2ccc(C(C)C)cc2s1)C(=O)N[C@H](CN1CCOCC1)C1CCCCC1. The molecule has 0 bridgehead atoms. The number of nitrogens with one attached hydrogen (secondary N) is 3. The Morgan fingerprint density at radius 3 is 1.84 bits per heavy atom. The summed E-state index contributed by atoms with van der Waals surface area (Å²) in [5.74, 6) is 1.29.